The van der Waals surface area contributed by atoms with Crippen LogP contribution in [0.5, 0.6) is 0 Å². The first-order chi connectivity index (χ1) is 8.75. The minimum absolute atomic E-state index is 0.171. The predicted molar refractivity (Wildman–Crippen MR) is 75.2 cm³/mol. The van der Waals surface area contributed by atoms with Gasteiger partial charge in [0.1, 0.15) is 5.82 Å². The first-order valence-electron chi connectivity index (χ1n) is 6.09. The number of rotatable bonds is 9. The molecule has 0 saturated heterocycles. The number of halogens is 2. The molecule has 0 radical (unpaired) electrons. The van der Waals surface area contributed by atoms with Crippen LogP contribution in [0.25, 0.3) is 0 Å². The fourth-order valence-corrected chi connectivity index (χ4v) is 2.03. The van der Waals surface area contributed by atoms with Crippen LogP contribution >= 0.6 is 15.9 Å². The van der Waals surface area contributed by atoms with Gasteiger partial charge < -0.3 is 15.4 Å². The minimum Gasteiger partial charge on any atom is -0.383 e. The molecule has 1 aromatic carbocycles. The quantitative estimate of drug-likeness (QED) is 0.685. The Morgan fingerprint density at radius 1 is 1.22 bits per heavy atom. The normalized spacial score (nSPS) is 10.8. The Balaban J connectivity index is 2.11. The Morgan fingerprint density at radius 3 is 2.72 bits per heavy atom. The topological polar surface area (TPSA) is 33.3 Å². The van der Waals surface area contributed by atoms with Crippen molar-refractivity contribution in [3.05, 3.63) is 34.1 Å². The monoisotopic (exact) mass is 318 g/mol. The molecule has 0 aliphatic rings. The van der Waals surface area contributed by atoms with Crippen LogP contribution in [0, 0.1) is 5.82 Å². The van der Waals surface area contributed by atoms with Gasteiger partial charge in [0.25, 0.3) is 0 Å². The lowest BCUT2D eigenvalue weighted by molar-refractivity contribution is 0.199. The zero-order valence-corrected chi connectivity index (χ0v) is 12.2. The highest BCUT2D eigenvalue weighted by atomic mass is 79.9. The molecule has 1 rings (SSSR count). The molecule has 18 heavy (non-hydrogen) atoms. The highest BCUT2D eigenvalue weighted by molar-refractivity contribution is 9.10. The van der Waals surface area contributed by atoms with Crippen LogP contribution < -0.4 is 10.6 Å². The van der Waals surface area contributed by atoms with Gasteiger partial charge in [0, 0.05) is 30.2 Å². The molecule has 2 N–H and O–H groups in total. The summed E-state index contributed by atoms with van der Waals surface area (Å²) in [4.78, 5) is 0. The van der Waals surface area contributed by atoms with E-state index in [2.05, 4.69) is 26.6 Å². The van der Waals surface area contributed by atoms with Gasteiger partial charge in [-0.05, 0) is 31.6 Å². The van der Waals surface area contributed by atoms with Crippen molar-refractivity contribution >= 4 is 15.9 Å². The van der Waals surface area contributed by atoms with Crippen LogP contribution in [0.3, 0.4) is 0 Å². The van der Waals surface area contributed by atoms with Crippen LogP contribution in [-0.4, -0.2) is 33.4 Å². The van der Waals surface area contributed by atoms with Gasteiger partial charge in [-0.15, -0.1) is 0 Å². The molecular formula is C13H20BrFN2O. The summed E-state index contributed by atoms with van der Waals surface area (Å²) in [7, 11) is 1.69. The number of hydrogen-bond donors (Lipinski definition) is 2. The van der Waals surface area contributed by atoms with Gasteiger partial charge in [-0.1, -0.05) is 22.0 Å². The standard InChI is InChI=1S/C13H20BrFN2O/c1-18-9-8-16-6-3-7-17-10-11-12(14)4-2-5-13(11)15/h2,4-5,16-17H,3,6-10H2,1H3. The van der Waals surface area contributed by atoms with Crippen molar-refractivity contribution in [2.24, 2.45) is 0 Å². The molecule has 102 valence electrons. The first kappa shape index (κ1) is 15.6. The van der Waals surface area contributed by atoms with Crippen LogP contribution in [-0.2, 0) is 11.3 Å². The Labute approximate surface area is 116 Å². The second-order valence-electron chi connectivity index (χ2n) is 3.97. The van der Waals surface area contributed by atoms with Crippen LogP contribution in [0.4, 0.5) is 4.39 Å². The summed E-state index contributed by atoms with van der Waals surface area (Å²) in [6, 6.07) is 5.03. The molecule has 0 aliphatic carbocycles. The first-order valence-corrected chi connectivity index (χ1v) is 6.88. The molecule has 0 aromatic heterocycles. The summed E-state index contributed by atoms with van der Waals surface area (Å²) >= 11 is 3.35. The molecule has 0 aliphatic heterocycles. The molecule has 3 nitrogen and oxygen atoms in total. The summed E-state index contributed by atoms with van der Waals surface area (Å²) in [6.07, 6.45) is 1.01. The second-order valence-corrected chi connectivity index (χ2v) is 4.83. The number of nitrogens with one attached hydrogen (secondary N) is 2. The Kier molecular flexibility index (Phi) is 8.17. The van der Waals surface area contributed by atoms with Crippen molar-refractivity contribution in [1.82, 2.24) is 10.6 Å². The van der Waals surface area contributed by atoms with Gasteiger partial charge in [-0.3, -0.25) is 0 Å². The van der Waals surface area contributed by atoms with Gasteiger partial charge in [0.2, 0.25) is 0 Å². The molecule has 0 saturated carbocycles. The van der Waals surface area contributed by atoms with Gasteiger partial charge in [0.15, 0.2) is 0 Å². The summed E-state index contributed by atoms with van der Waals surface area (Å²) in [5.41, 5.74) is 0.685. The Morgan fingerprint density at radius 2 is 2.00 bits per heavy atom. The highest BCUT2D eigenvalue weighted by Crippen LogP contribution is 2.19. The van der Waals surface area contributed by atoms with Gasteiger partial charge in [-0.2, -0.15) is 0 Å². The molecule has 5 heteroatoms. The summed E-state index contributed by atoms with van der Waals surface area (Å²) in [5, 5.41) is 6.49. The third-order valence-electron chi connectivity index (χ3n) is 2.55. The fraction of sp³-hybridized carbons (Fsp3) is 0.538. The van der Waals surface area contributed by atoms with Crippen molar-refractivity contribution in [2.45, 2.75) is 13.0 Å². The smallest absolute Gasteiger partial charge is 0.128 e. The molecule has 0 amide bonds. The summed E-state index contributed by atoms with van der Waals surface area (Å²) < 4.78 is 19.2. The van der Waals surface area contributed by atoms with Crippen LogP contribution in [0.15, 0.2) is 22.7 Å². The Hall–Kier alpha value is -0.490. The fourth-order valence-electron chi connectivity index (χ4n) is 1.55. The maximum absolute atomic E-state index is 13.5. The third-order valence-corrected chi connectivity index (χ3v) is 3.30. The number of benzene rings is 1. The van der Waals surface area contributed by atoms with Crippen molar-refractivity contribution in [3.63, 3.8) is 0 Å². The zero-order chi connectivity index (χ0) is 13.2. The number of hydrogen-bond acceptors (Lipinski definition) is 3. The van der Waals surface area contributed by atoms with Crippen LogP contribution in [0.1, 0.15) is 12.0 Å². The van der Waals surface area contributed by atoms with Crippen molar-refractivity contribution in [3.8, 4) is 0 Å². The van der Waals surface area contributed by atoms with E-state index < -0.39 is 0 Å². The van der Waals surface area contributed by atoms with E-state index in [1.54, 1.807) is 13.2 Å². The molecule has 1 aromatic rings. The highest BCUT2D eigenvalue weighted by Gasteiger charge is 2.04. The number of methoxy groups -OCH3 is 1. The average molecular weight is 319 g/mol. The van der Waals surface area contributed by atoms with E-state index in [0.29, 0.717) is 12.1 Å². The number of ether oxygens (including phenoxy) is 1. The van der Waals surface area contributed by atoms with E-state index in [0.717, 1.165) is 37.1 Å². The van der Waals surface area contributed by atoms with E-state index in [-0.39, 0.29) is 5.82 Å². The molecule has 0 atom stereocenters. The second kappa shape index (κ2) is 9.44. The van der Waals surface area contributed by atoms with E-state index in [9.17, 15) is 4.39 Å². The third kappa shape index (κ3) is 5.91. The molecule has 0 spiro atoms. The van der Waals surface area contributed by atoms with E-state index >= 15 is 0 Å². The van der Waals surface area contributed by atoms with Crippen LogP contribution in [0.2, 0.25) is 0 Å². The molecule has 0 fully saturated rings. The molecule has 0 unspecified atom stereocenters. The SMILES string of the molecule is COCCNCCCNCc1c(F)cccc1Br. The lowest BCUT2D eigenvalue weighted by atomic mass is 10.2. The maximum Gasteiger partial charge on any atom is 0.128 e. The van der Waals surface area contributed by atoms with Gasteiger partial charge >= 0.3 is 0 Å². The van der Waals surface area contributed by atoms with Crippen molar-refractivity contribution in [2.75, 3.05) is 33.4 Å². The molecule has 0 heterocycles. The largest absolute Gasteiger partial charge is 0.383 e. The predicted octanol–water partition coefficient (Wildman–Crippen LogP) is 2.30. The average Bonchev–Trinajstić information content (AvgIpc) is 2.35. The van der Waals surface area contributed by atoms with Gasteiger partial charge in [-0.25, -0.2) is 4.39 Å². The maximum atomic E-state index is 13.5. The van der Waals surface area contributed by atoms with Crippen molar-refractivity contribution < 1.29 is 9.13 Å². The Bertz CT molecular complexity index is 330. The van der Waals surface area contributed by atoms with E-state index in [4.69, 9.17) is 4.74 Å². The van der Waals surface area contributed by atoms with Crippen molar-refractivity contribution in [1.29, 1.82) is 0 Å². The van der Waals surface area contributed by atoms with E-state index in [1.807, 2.05) is 6.07 Å². The summed E-state index contributed by atoms with van der Waals surface area (Å²) in [5.74, 6) is -0.171. The molecule has 0 bridgehead atoms. The molecular weight excluding hydrogens is 299 g/mol. The van der Waals surface area contributed by atoms with Gasteiger partial charge in [0.05, 0.1) is 6.61 Å². The summed E-state index contributed by atoms with van der Waals surface area (Å²) in [6.45, 7) is 3.95. The lowest BCUT2D eigenvalue weighted by Crippen LogP contribution is -2.24. The van der Waals surface area contributed by atoms with E-state index in [1.165, 1.54) is 6.07 Å². The minimum atomic E-state index is -0.171. The lowest BCUT2D eigenvalue weighted by Gasteiger charge is -2.08. The zero-order valence-electron chi connectivity index (χ0n) is 10.6.